The highest BCUT2D eigenvalue weighted by atomic mass is 79.9. The van der Waals surface area contributed by atoms with Crippen LogP contribution in [0.15, 0.2) is 11.1 Å². The lowest BCUT2D eigenvalue weighted by molar-refractivity contribution is 0.0933. The van der Waals surface area contributed by atoms with Crippen molar-refractivity contribution in [1.82, 2.24) is 0 Å². The van der Waals surface area contributed by atoms with Crippen LogP contribution in [0.4, 0.5) is 4.79 Å². The van der Waals surface area contributed by atoms with E-state index in [4.69, 9.17) is 5.11 Å². The van der Waals surface area contributed by atoms with Crippen molar-refractivity contribution >= 4 is 22.1 Å². The predicted octanol–water partition coefficient (Wildman–Crippen LogP) is 1.98. The average Bonchev–Trinajstić information content (AvgIpc) is 1.80. The highest BCUT2D eigenvalue weighted by molar-refractivity contribution is 9.11. The van der Waals surface area contributed by atoms with Crippen LogP contribution in [-0.2, 0) is 4.74 Å². The van der Waals surface area contributed by atoms with Crippen LogP contribution in [0.25, 0.3) is 0 Å². The lowest BCUT2D eigenvalue weighted by atomic mass is 10.5. The Bertz CT molecular complexity index is 111. The van der Waals surface area contributed by atoms with Crippen LogP contribution >= 0.6 is 15.9 Å². The molecule has 0 fully saturated rings. The van der Waals surface area contributed by atoms with Gasteiger partial charge in [-0.2, -0.15) is 0 Å². The summed E-state index contributed by atoms with van der Waals surface area (Å²) in [7, 11) is 0. The molecule has 52 valence electrons. The molecule has 0 atom stereocenters. The second-order valence-corrected chi connectivity index (χ2v) is 1.79. The molecule has 0 rings (SSSR count). The third-order valence-corrected chi connectivity index (χ3v) is 0.973. The van der Waals surface area contributed by atoms with E-state index in [-0.39, 0.29) is 6.61 Å². The molecule has 0 aliphatic carbocycles. The minimum absolute atomic E-state index is 0.220. The smallest absolute Gasteiger partial charge is 0.450 e. The molecule has 0 amide bonds. The normalized spacial score (nSPS) is 9.89. The summed E-state index contributed by atoms with van der Waals surface area (Å²) in [6.07, 6.45) is 1.15. The topological polar surface area (TPSA) is 46.5 Å². The number of halogens is 1. The number of hydrogen-bond acceptors (Lipinski definition) is 2. The third-order valence-electron chi connectivity index (χ3n) is 0.599. The minimum Gasteiger partial charge on any atom is -0.450 e. The fraction of sp³-hybridized carbons (Fsp3) is 0.400. The Kier molecular flexibility index (Phi) is 5.30. The van der Waals surface area contributed by atoms with E-state index in [9.17, 15) is 4.79 Å². The molecule has 4 heteroatoms. The highest BCUT2D eigenvalue weighted by Crippen LogP contribution is 1.89. The summed E-state index contributed by atoms with van der Waals surface area (Å²) in [4.78, 5) is 11.4. The monoisotopic (exact) mass is 194 g/mol. The van der Waals surface area contributed by atoms with Crippen molar-refractivity contribution in [2.45, 2.75) is 6.42 Å². The van der Waals surface area contributed by atoms with Crippen LogP contribution in [0.2, 0.25) is 0 Å². The standard InChI is InChI=1S/C5H7BrO3/c6-3-1-2-4-9-5(7)8/h1,3H,2,4H2,(H,7,8). The summed E-state index contributed by atoms with van der Waals surface area (Å²) in [5, 5.41) is 7.95. The Morgan fingerprint density at radius 2 is 2.44 bits per heavy atom. The van der Waals surface area contributed by atoms with Crippen molar-refractivity contribution < 1.29 is 14.6 Å². The molecule has 0 aromatic heterocycles. The fourth-order valence-electron chi connectivity index (χ4n) is 0.277. The second-order valence-electron chi connectivity index (χ2n) is 1.26. The lowest BCUT2D eigenvalue weighted by Crippen LogP contribution is -2.00. The number of hydrogen-bond donors (Lipinski definition) is 1. The van der Waals surface area contributed by atoms with Gasteiger partial charge in [-0.3, -0.25) is 0 Å². The summed E-state index contributed by atoms with van der Waals surface area (Å²) in [5.41, 5.74) is 0. The number of ether oxygens (including phenoxy) is 1. The van der Waals surface area contributed by atoms with Crippen molar-refractivity contribution in [1.29, 1.82) is 0 Å². The predicted molar refractivity (Wildman–Crippen MR) is 36.7 cm³/mol. The van der Waals surface area contributed by atoms with Gasteiger partial charge in [0, 0.05) is 6.42 Å². The molecule has 0 aliphatic heterocycles. The minimum atomic E-state index is -1.22. The van der Waals surface area contributed by atoms with E-state index >= 15 is 0 Å². The number of carbonyl (C=O) groups is 1. The highest BCUT2D eigenvalue weighted by Gasteiger charge is 1.91. The van der Waals surface area contributed by atoms with Gasteiger partial charge < -0.3 is 9.84 Å². The van der Waals surface area contributed by atoms with E-state index in [1.165, 1.54) is 0 Å². The van der Waals surface area contributed by atoms with E-state index in [2.05, 4.69) is 20.7 Å². The van der Waals surface area contributed by atoms with Crippen LogP contribution in [0.1, 0.15) is 6.42 Å². The molecule has 0 saturated carbocycles. The Labute approximate surface area is 61.4 Å². The maximum absolute atomic E-state index is 9.70. The summed E-state index contributed by atoms with van der Waals surface area (Å²) < 4.78 is 4.19. The first-order chi connectivity index (χ1) is 4.27. The molecule has 0 aromatic rings. The van der Waals surface area contributed by atoms with E-state index < -0.39 is 6.16 Å². The summed E-state index contributed by atoms with van der Waals surface area (Å²) >= 11 is 3.03. The van der Waals surface area contributed by atoms with Gasteiger partial charge in [-0.05, 0) is 4.99 Å². The summed E-state index contributed by atoms with van der Waals surface area (Å²) in [6, 6.07) is 0. The van der Waals surface area contributed by atoms with E-state index in [1.54, 1.807) is 11.1 Å². The van der Waals surface area contributed by atoms with Crippen molar-refractivity contribution in [3.05, 3.63) is 11.1 Å². The van der Waals surface area contributed by atoms with Crippen molar-refractivity contribution in [3.63, 3.8) is 0 Å². The van der Waals surface area contributed by atoms with Gasteiger partial charge in [0.05, 0.1) is 6.61 Å². The Hall–Kier alpha value is -0.510. The second kappa shape index (κ2) is 5.62. The molecule has 0 bridgehead atoms. The molecule has 0 unspecified atom stereocenters. The van der Waals surface area contributed by atoms with Gasteiger partial charge in [0.25, 0.3) is 0 Å². The Morgan fingerprint density at radius 3 is 2.89 bits per heavy atom. The third kappa shape index (κ3) is 7.49. The van der Waals surface area contributed by atoms with Crippen LogP contribution in [-0.4, -0.2) is 17.9 Å². The zero-order chi connectivity index (χ0) is 7.11. The molecule has 0 aliphatic rings. The van der Waals surface area contributed by atoms with E-state index in [0.29, 0.717) is 6.42 Å². The molecule has 0 aromatic carbocycles. The zero-order valence-corrected chi connectivity index (χ0v) is 6.30. The van der Waals surface area contributed by atoms with Gasteiger partial charge in [-0.15, -0.1) is 0 Å². The molecular weight excluding hydrogens is 188 g/mol. The van der Waals surface area contributed by atoms with Crippen molar-refractivity contribution in [3.8, 4) is 0 Å². The molecule has 0 spiro atoms. The summed E-state index contributed by atoms with van der Waals surface area (Å²) in [6.45, 7) is 0.220. The average molecular weight is 195 g/mol. The Morgan fingerprint density at radius 1 is 1.78 bits per heavy atom. The van der Waals surface area contributed by atoms with Gasteiger partial charge in [-0.25, -0.2) is 4.79 Å². The van der Waals surface area contributed by atoms with Crippen LogP contribution in [0.5, 0.6) is 0 Å². The largest absolute Gasteiger partial charge is 0.505 e. The van der Waals surface area contributed by atoms with Gasteiger partial charge in [0.2, 0.25) is 0 Å². The van der Waals surface area contributed by atoms with Gasteiger partial charge >= 0.3 is 6.16 Å². The fourth-order valence-corrected chi connectivity index (χ4v) is 0.542. The van der Waals surface area contributed by atoms with Gasteiger partial charge in [0.15, 0.2) is 0 Å². The molecule has 0 radical (unpaired) electrons. The maximum atomic E-state index is 9.70. The maximum Gasteiger partial charge on any atom is 0.505 e. The number of carboxylic acid groups (broad SMARTS) is 1. The quantitative estimate of drug-likeness (QED) is 0.553. The van der Waals surface area contributed by atoms with Gasteiger partial charge in [-0.1, -0.05) is 22.0 Å². The molecule has 9 heavy (non-hydrogen) atoms. The van der Waals surface area contributed by atoms with E-state index in [0.717, 1.165) is 0 Å². The van der Waals surface area contributed by atoms with Crippen molar-refractivity contribution in [2.75, 3.05) is 6.61 Å². The zero-order valence-electron chi connectivity index (χ0n) is 4.71. The van der Waals surface area contributed by atoms with Crippen LogP contribution in [0, 0.1) is 0 Å². The molecule has 1 N–H and O–H groups in total. The molecule has 3 nitrogen and oxygen atoms in total. The Balaban J connectivity index is 3.01. The lowest BCUT2D eigenvalue weighted by Gasteiger charge is -1.93. The van der Waals surface area contributed by atoms with Crippen LogP contribution < -0.4 is 0 Å². The van der Waals surface area contributed by atoms with Crippen LogP contribution in [0.3, 0.4) is 0 Å². The van der Waals surface area contributed by atoms with E-state index in [1.807, 2.05) is 0 Å². The van der Waals surface area contributed by atoms with Crippen molar-refractivity contribution in [2.24, 2.45) is 0 Å². The first-order valence-electron chi connectivity index (χ1n) is 2.38. The summed E-state index contributed by atoms with van der Waals surface area (Å²) in [5.74, 6) is 0. The molecule has 0 heterocycles. The first-order valence-corrected chi connectivity index (χ1v) is 3.30. The molecular formula is C5H7BrO3. The van der Waals surface area contributed by atoms with Gasteiger partial charge in [0.1, 0.15) is 0 Å². The SMILES string of the molecule is O=C(O)OCCC=CBr. The molecule has 0 saturated heterocycles. The number of rotatable bonds is 3. The first kappa shape index (κ1) is 8.49.